The van der Waals surface area contributed by atoms with Crippen molar-refractivity contribution in [2.75, 3.05) is 11.1 Å². The highest BCUT2D eigenvalue weighted by atomic mass is 35.5. The first-order chi connectivity index (χ1) is 12.4. The molecule has 0 unspecified atom stereocenters. The molecular weight excluding hydrogens is 413 g/mol. The predicted octanol–water partition coefficient (Wildman–Crippen LogP) is 6.43. The molecule has 136 valence electrons. The first-order valence-electron chi connectivity index (χ1n) is 8.04. The lowest BCUT2D eigenvalue weighted by molar-refractivity contribution is 0.103. The van der Waals surface area contributed by atoms with E-state index in [9.17, 15) is 4.79 Å². The Morgan fingerprint density at radius 3 is 2.65 bits per heavy atom. The van der Waals surface area contributed by atoms with Gasteiger partial charge < -0.3 is 11.1 Å². The van der Waals surface area contributed by atoms with Gasteiger partial charge in [0, 0.05) is 11.1 Å². The van der Waals surface area contributed by atoms with Crippen molar-refractivity contribution in [3.05, 3.63) is 49.9 Å². The SMILES string of the molecule is CCCCc1ccc2c(N)c(C(=O)Nc3cc(Cl)c(Cl)cc3Cl)sc2n1. The van der Waals surface area contributed by atoms with Crippen LogP contribution in [0.2, 0.25) is 15.1 Å². The van der Waals surface area contributed by atoms with Gasteiger partial charge in [0.2, 0.25) is 0 Å². The monoisotopic (exact) mass is 427 g/mol. The Bertz CT molecular complexity index is 987. The van der Waals surface area contributed by atoms with E-state index < -0.39 is 0 Å². The number of aromatic nitrogens is 1. The number of aryl methyl sites for hydroxylation is 1. The molecule has 0 aliphatic heterocycles. The van der Waals surface area contributed by atoms with E-state index in [0.29, 0.717) is 31.3 Å². The van der Waals surface area contributed by atoms with Crippen LogP contribution in [0.5, 0.6) is 0 Å². The smallest absolute Gasteiger partial charge is 0.267 e. The number of hydrogen-bond donors (Lipinski definition) is 2. The number of nitrogens with two attached hydrogens (primary N) is 1. The molecule has 1 aromatic carbocycles. The van der Waals surface area contributed by atoms with Gasteiger partial charge in [0.05, 0.1) is 26.4 Å². The van der Waals surface area contributed by atoms with Gasteiger partial charge in [0.1, 0.15) is 9.71 Å². The van der Waals surface area contributed by atoms with E-state index in [1.807, 2.05) is 12.1 Å². The minimum Gasteiger partial charge on any atom is -0.397 e. The summed E-state index contributed by atoms with van der Waals surface area (Å²) in [5, 5.41) is 4.43. The summed E-state index contributed by atoms with van der Waals surface area (Å²) in [5.41, 5.74) is 7.95. The lowest BCUT2D eigenvalue weighted by Crippen LogP contribution is -2.12. The number of pyridine rings is 1. The Kier molecular flexibility index (Phi) is 5.92. The standard InChI is InChI=1S/C18H16Cl3N3OS/c1-2-3-4-9-5-6-10-15(22)16(26-18(10)23-9)17(25)24-14-8-12(20)11(19)7-13(14)21/h5-8H,2-4,22H2,1H3,(H,24,25). The lowest BCUT2D eigenvalue weighted by Gasteiger charge is -2.08. The second-order valence-electron chi connectivity index (χ2n) is 5.80. The van der Waals surface area contributed by atoms with Crippen LogP contribution in [-0.2, 0) is 6.42 Å². The fourth-order valence-electron chi connectivity index (χ4n) is 2.50. The Labute approximate surface area is 170 Å². The molecule has 0 aliphatic carbocycles. The van der Waals surface area contributed by atoms with Gasteiger partial charge in [-0.2, -0.15) is 0 Å². The van der Waals surface area contributed by atoms with Crippen molar-refractivity contribution >= 4 is 73.6 Å². The van der Waals surface area contributed by atoms with E-state index in [1.54, 1.807) is 0 Å². The van der Waals surface area contributed by atoms with Gasteiger partial charge in [-0.25, -0.2) is 4.98 Å². The molecule has 0 bridgehead atoms. The summed E-state index contributed by atoms with van der Waals surface area (Å²) in [6.45, 7) is 2.14. The van der Waals surface area contributed by atoms with Crippen LogP contribution in [0, 0.1) is 0 Å². The summed E-state index contributed by atoms with van der Waals surface area (Å²) in [6, 6.07) is 6.87. The van der Waals surface area contributed by atoms with Crippen LogP contribution in [0.3, 0.4) is 0 Å². The Morgan fingerprint density at radius 2 is 1.92 bits per heavy atom. The molecule has 3 rings (SSSR count). The van der Waals surface area contributed by atoms with Crippen LogP contribution in [0.25, 0.3) is 10.2 Å². The molecule has 0 aliphatic rings. The number of fused-ring (bicyclic) bond motifs is 1. The highest BCUT2D eigenvalue weighted by Crippen LogP contribution is 2.35. The van der Waals surface area contributed by atoms with Crippen molar-refractivity contribution in [3.63, 3.8) is 0 Å². The van der Waals surface area contributed by atoms with Crippen LogP contribution >= 0.6 is 46.1 Å². The fraction of sp³-hybridized carbons (Fsp3) is 0.222. The summed E-state index contributed by atoms with van der Waals surface area (Å²) in [5.74, 6) is -0.360. The minimum absolute atomic E-state index is 0.299. The Morgan fingerprint density at radius 1 is 1.19 bits per heavy atom. The van der Waals surface area contributed by atoms with Crippen LogP contribution in [-0.4, -0.2) is 10.9 Å². The molecular formula is C18H16Cl3N3OS. The second kappa shape index (κ2) is 8.01. The maximum atomic E-state index is 12.7. The van der Waals surface area contributed by atoms with Crippen molar-refractivity contribution < 1.29 is 4.79 Å². The lowest BCUT2D eigenvalue weighted by atomic mass is 10.1. The average molecular weight is 429 g/mol. The van der Waals surface area contributed by atoms with Crippen LogP contribution in [0.1, 0.15) is 35.1 Å². The molecule has 8 heteroatoms. The molecule has 3 aromatic rings. The first kappa shape index (κ1) is 19.2. The Hall–Kier alpha value is -1.53. The third-order valence-corrected chi connectivity index (χ3v) is 6.05. The van der Waals surface area contributed by atoms with E-state index in [1.165, 1.54) is 23.5 Å². The fourth-order valence-corrected chi connectivity index (χ4v) is 4.10. The van der Waals surface area contributed by atoms with Crippen molar-refractivity contribution in [2.45, 2.75) is 26.2 Å². The minimum atomic E-state index is -0.360. The summed E-state index contributed by atoms with van der Waals surface area (Å²) in [4.78, 5) is 18.4. The number of nitrogens with one attached hydrogen (secondary N) is 1. The molecule has 3 N–H and O–H groups in total. The maximum absolute atomic E-state index is 12.7. The van der Waals surface area contributed by atoms with Gasteiger partial charge in [0.15, 0.2) is 0 Å². The molecule has 1 amide bonds. The number of amides is 1. The van der Waals surface area contributed by atoms with Gasteiger partial charge in [-0.3, -0.25) is 4.79 Å². The normalized spacial score (nSPS) is 11.1. The Balaban J connectivity index is 1.91. The third-order valence-electron chi connectivity index (χ3n) is 3.90. The molecule has 26 heavy (non-hydrogen) atoms. The quantitative estimate of drug-likeness (QED) is 0.460. The van der Waals surface area contributed by atoms with Gasteiger partial charge in [-0.1, -0.05) is 48.1 Å². The van der Waals surface area contributed by atoms with E-state index in [4.69, 9.17) is 40.5 Å². The molecule has 0 atom stereocenters. The maximum Gasteiger partial charge on any atom is 0.267 e. The molecule has 2 aromatic heterocycles. The van der Waals surface area contributed by atoms with Gasteiger partial charge >= 0.3 is 0 Å². The number of hydrogen-bond acceptors (Lipinski definition) is 4. The summed E-state index contributed by atoms with van der Waals surface area (Å²) >= 11 is 19.3. The topological polar surface area (TPSA) is 68.0 Å². The van der Waals surface area contributed by atoms with Crippen LogP contribution < -0.4 is 11.1 Å². The predicted molar refractivity (Wildman–Crippen MR) is 112 cm³/mol. The molecule has 0 fully saturated rings. The van der Waals surface area contributed by atoms with E-state index in [2.05, 4.69) is 17.2 Å². The van der Waals surface area contributed by atoms with Crippen LogP contribution in [0.4, 0.5) is 11.4 Å². The third kappa shape index (κ3) is 3.91. The zero-order valence-corrected chi connectivity index (χ0v) is 17.0. The number of nitrogen functional groups attached to an aromatic ring is 1. The molecule has 0 spiro atoms. The number of nitrogens with zero attached hydrogens (tertiary/aromatic N) is 1. The number of rotatable bonds is 5. The van der Waals surface area contributed by atoms with Crippen molar-refractivity contribution in [3.8, 4) is 0 Å². The summed E-state index contributed by atoms with van der Waals surface area (Å²) in [6.07, 6.45) is 3.08. The largest absolute Gasteiger partial charge is 0.397 e. The second-order valence-corrected chi connectivity index (χ2v) is 8.02. The highest BCUT2D eigenvalue weighted by Gasteiger charge is 2.19. The van der Waals surface area contributed by atoms with E-state index in [0.717, 1.165) is 35.2 Å². The summed E-state index contributed by atoms with van der Waals surface area (Å²) < 4.78 is 0. The zero-order valence-electron chi connectivity index (χ0n) is 13.9. The molecule has 2 heterocycles. The molecule has 0 radical (unpaired) electrons. The molecule has 4 nitrogen and oxygen atoms in total. The van der Waals surface area contributed by atoms with E-state index in [-0.39, 0.29) is 5.91 Å². The average Bonchev–Trinajstić information content (AvgIpc) is 2.94. The number of anilines is 2. The first-order valence-corrected chi connectivity index (χ1v) is 9.99. The summed E-state index contributed by atoms with van der Waals surface area (Å²) in [7, 11) is 0. The number of unbranched alkanes of at least 4 members (excludes halogenated alkanes) is 1. The number of thiophene rings is 1. The zero-order chi connectivity index (χ0) is 18.8. The van der Waals surface area contributed by atoms with E-state index >= 15 is 0 Å². The van der Waals surface area contributed by atoms with Gasteiger partial charge in [-0.05, 0) is 37.1 Å². The molecule has 0 saturated carbocycles. The number of carbonyl (C=O) groups excluding carboxylic acids is 1. The van der Waals surface area contributed by atoms with Crippen LogP contribution in [0.15, 0.2) is 24.3 Å². The van der Waals surface area contributed by atoms with Crippen molar-refractivity contribution in [1.29, 1.82) is 0 Å². The van der Waals surface area contributed by atoms with Gasteiger partial charge in [0.25, 0.3) is 5.91 Å². The highest BCUT2D eigenvalue weighted by molar-refractivity contribution is 7.21. The van der Waals surface area contributed by atoms with Crippen molar-refractivity contribution in [2.24, 2.45) is 0 Å². The number of benzene rings is 1. The molecule has 0 saturated heterocycles. The number of halogens is 3. The number of carbonyl (C=O) groups is 1. The van der Waals surface area contributed by atoms with Gasteiger partial charge in [-0.15, -0.1) is 11.3 Å². The van der Waals surface area contributed by atoms with Crippen molar-refractivity contribution in [1.82, 2.24) is 4.98 Å².